The zero-order chi connectivity index (χ0) is 23.2. The number of halogens is 2. The maximum absolute atomic E-state index is 13.2. The van der Waals surface area contributed by atoms with Gasteiger partial charge in [-0.25, -0.2) is 0 Å². The Kier molecular flexibility index (Phi) is 5.52. The molecule has 5 nitrogen and oxygen atoms in total. The Hall–Kier alpha value is -3.07. The second kappa shape index (κ2) is 8.37. The van der Waals surface area contributed by atoms with E-state index in [0.717, 1.165) is 42.1 Å². The van der Waals surface area contributed by atoms with Gasteiger partial charge in [-0.3, -0.25) is 4.79 Å². The molecule has 0 radical (unpaired) electrons. The molecular formula is C26H22Cl2N4O. The highest BCUT2D eigenvalue weighted by atomic mass is 35.5. The molecule has 7 heteroatoms. The summed E-state index contributed by atoms with van der Waals surface area (Å²) in [6.45, 7) is 7.56. The lowest BCUT2D eigenvalue weighted by molar-refractivity contribution is -0.114. The van der Waals surface area contributed by atoms with Gasteiger partial charge in [-0.1, -0.05) is 55.1 Å². The maximum atomic E-state index is 13.2. The van der Waals surface area contributed by atoms with Crippen molar-refractivity contribution in [3.8, 4) is 0 Å². The molecule has 1 saturated carbocycles. The van der Waals surface area contributed by atoms with Crippen molar-refractivity contribution in [2.45, 2.75) is 37.5 Å². The van der Waals surface area contributed by atoms with E-state index in [-0.39, 0.29) is 17.2 Å². The number of rotatable bonds is 2. The molecule has 1 amide bonds. The molecule has 3 aliphatic rings. The number of hydrogen-bond acceptors (Lipinski definition) is 3. The van der Waals surface area contributed by atoms with Crippen molar-refractivity contribution >= 4 is 46.3 Å². The van der Waals surface area contributed by atoms with E-state index in [0.29, 0.717) is 16.3 Å². The first-order valence-electron chi connectivity index (χ1n) is 11.0. The highest BCUT2D eigenvalue weighted by Crippen LogP contribution is 2.55. The highest BCUT2D eigenvalue weighted by Gasteiger charge is 2.46. The predicted octanol–water partition coefficient (Wildman–Crippen LogP) is 6.73. The van der Waals surface area contributed by atoms with Gasteiger partial charge in [0.05, 0.1) is 11.3 Å². The molecule has 1 spiro atoms. The zero-order valence-corrected chi connectivity index (χ0v) is 19.7. The Morgan fingerprint density at radius 3 is 2.42 bits per heavy atom. The first-order chi connectivity index (χ1) is 15.9. The number of hydrogen-bond donors (Lipinski definition) is 0. The van der Waals surface area contributed by atoms with Crippen molar-refractivity contribution in [1.29, 1.82) is 0 Å². The lowest BCUT2D eigenvalue weighted by atomic mass is 9.68. The molecule has 2 aromatic carbocycles. The summed E-state index contributed by atoms with van der Waals surface area (Å²) in [5.41, 5.74) is 4.27. The Labute approximate surface area is 203 Å². The van der Waals surface area contributed by atoms with E-state index in [9.17, 15) is 4.79 Å². The summed E-state index contributed by atoms with van der Waals surface area (Å²) in [5.74, 6) is -0.232. The molecule has 2 heterocycles. The van der Waals surface area contributed by atoms with Gasteiger partial charge in [-0.05, 0) is 72.0 Å². The topological polar surface area (TPSA) is 40.3 Å². The van der Waals surface area contributed by atoms with E-state index < -0.39 is 0 Å². The van der Waals surface area contributed by atoms with Crippen LogP contribution in [0.1, 0.15) is 37.7 Å². The van der Waals surface area contributed by atoms with Gasteiger partial charge < -0.3 is 9.74 Å². The normalized spacial score (nSPS) is 21.6. The first-order valence-corrected chi connectivity index (χ1v) is 11.7. The number of amides is 1. The van der Waals surface area contributed by atoms with E-state index in [1.807, 2.05) is 12.1 Å². The molecule has 2 aliphatic heterocycles. The van der Waals surface area contributed by atoms with Crippen molar-refractivity contribution in [1.82, 2.24) is 0 Å². The van der Waals surface area contributed by atoms with E-state index in [2.05, 4.69) is 34.0 Å². The van der Waals surface area contributed by atoms with Crippen LogP contribution in [0.5, 0.6) is 0 Å². The molecule has 0 bridgehead atoms. The van der Waals surface area contributed by atoms with Gasteiger partial charge in [0.15, 0.2) is 0 Å². The first kappa shape index (κ1) is 21.8. The van der Waals surface area contributed by atoms with Gasteiger partial charge >= 0.3 is 5.84 Å². The SMILES string of the molecule is [C-]#[N+]C1=NN(c2ccc(Cl)cc2)C(=O)/C1=C\C=C1\N(C)c2ccc(Cl)cc2C12CCCCC2. The highest BCUT2D eigenvalue weighted by molar-refractivity contribution is 6.33. The molecule has 0 aromatic heterocycles. The average molecular weight is 477 g/mol. The number of nitrogens with zero attached hydrogens (tertiary/aromatic N) is 4. The fourth-order valence-corrected chi connectivity index (χ4v) is 5.57. The van der Waals surface area contributed by atoms with Crippen LogP contribution in [0.15, 0.2) is 71.0 Å². The Morgan fingerprint density at radius 2 is 1.73 bits per heavy atom. The van der Waals surface area contributed by atoms with Crippen molar-refractivity contribution in [2.24, 2.45) is 5.10 Å². The molecule has 0 N–H and O–H groups in total. The largest absolute Gasteiger partial charge is 0.358 e. The van der Waals surface area contributed by atoms with Crippen LogP contribution >= 0.6 is 23.2 Å². The summed E-state index contributed by atoms with van der Waals surface area (Å²) in [5, 5.41) is 6.83. The van der Waals surface area contributed by atoms with Crippen LogP contribution in [-0.4, -0.2) is 18.8 Å². The third-order valence-corrected chi connectivity index (χ3v) is 7.32. The fraction of sp³-hybridized carbons (Fsp3) is 0.269. The third kappa shape index (κ3) is 3.55. The van der Waals surface area contributed by atoms with Crippen LogP contribution in [0.4, 0.5) is 11.4 Å². The molecule has 0 unspecified atom stereocenters. The van der Waals surface area contributed by atoms with Crippen LogP contribution in [0.3, 0.4) is 0 Å². The lowest BCUT2D eigenvalue weighted by Crippen LogP contribution is -2.32. The second-order valence-corrected chi connectivity index (χ2v) is 9.50. The average Bonchev–Trinajstić information content (AvgIpc) is 3.25. The van der Waals surface area contributed by atoms with E-state index >= 15 is 0 Å². The molecule has 5 rings (SSSR count). The molecule has 1 aliphatic carbocycles. The molecule has 1 fully saturated rings. The number of hydrazone groups is 1. The lowest BCUT2D eigenvalue weighted by Gasteiger charge is -2.36. The molecule has 166 valence electrons. The van der Waals surface area contributed by atoms with Crippen molar-refractivity contribution in [3.63, 3.8) is 0 Å². The van der Waals surface area contributed by atoms with Crippen molar-refractivity contribution in [3.05, 3.63) is 92.9 Å². The Bertz CT molecular complexity index is 1260. The smallest absolute Gasteiger partial charge is 0.307 e. The number of benzene rings is 2. The van der Waals surface area contributed by atoms with Gasteiger partial charge in [-0.15, -0.1) is 5.01 Å². The molecule has 0 saturated heterocycles. The number of anilines is 2. The summed E-state index contributed by atoms with van der Waals surface area (Å²) in [6.07, 6.45) is 9.34. The van der Waals surface area contributed by atoms with Gasteiger partial charge in [-0.2, -0.15) is 0 Å². The van der Waals surface area contributed by atoms with Gasteiger partial charge in [0.25, 0.3) is 5.91 Å². The van der Waals surface area contributed by atoms with Gasteiger partial charge in [0, 0.05) is 33.9 Å². The maximum Gasteiger partial charge on any atom is 0.307 e. The fourth-order valence-electron chi connectivity index (χ4n) is 5.28. The van der Waals surface area contributed by atoms with Crippen LogP contribution in [0.25, 0.3) is 4.85 Å². The number of carbonyl (C=O) groups excluding carboxylic acids is 1. The standard InChI is InChI=1S/C26H22Cl2N4O/c1-29-24-20(25(33)32(30-24)19-9-6-17(27)7-10-19)11-13-23-26(14-4-3-5-15-26)21-16-18(28)8-12-22(21)31(23)2/h6-13,16H,3-5,14-15H2,2H3/b20-11-,23-13+. The summed E-state index contributed by atoms with van der Waals surface area (Å²) < 4.78 is 0. The summed E-state index contributed by atoms with van der Waals surface area (Å²) in [4.78, 5) is 18.9. The van der Waals surface area contributed by atoms with E-state index in [1.54, 1.807) is 30.3 Å². The molecule has 0 atom stereocenters. The monoisotopic (exact) mass is 476 g/mol. The second-order valence-electron chi connectivity index (χ2n) is 8.62. The Morgan fingerprint density at radius 1 is 1.03 bits per heavy atom. The van der Waals surface area contributed by atoms with Gasteiger partial charge in [0.2, 0.25) is 0 Å². The minimum atomic E-state index is -0.320. The number of likely N-dealkylation sites (N-methyl/N-ethyl adjacent to an activating group) is 1. The number of allylic oxidation sites excluding steroid dienone is 3. The predicted molar refractivity (Wildman–Crippen MR) is 134 cm³/mol. The number of amidine groups is 1. The molecule has 2 aromatic rings. The van der Waals surface area contributed by atoms with Crippen LogP contribution < -0.4 is 9.91 Å². The van der Waals surface area contributed by atoms with E-state index in [1.165, 1.54) is 17.0 Å². The minimum absolute atomic E-state index is 0.0886. The summed E-state index contributed by atoms with van der Waals surface area (Å²) >= 11 is 12.4. The molecular weight excluding hydrogens is 455 g/mol. The third-order valence-electron chi connectivity index (χ3n) is 6.84. The van der Waals surface area contributed by atoms with Crippen LogP contribution in [0.2, 0.25) is 10.0 Å². The van der Waals surface area contributed by atoms with E-state index in [4.69, 9.17) is 29.8 Å². The summed E-state index contributed by atoms with van der Waals surface area (Å²) in [7, 11) is 2.06. The number of carbonyl (C=O) groups is 1. The summed E-state index contributed by atoms with van der Waals surface area (Å²) in [6, 6.07) is 12.9. The quantitative estimate of drug-likeness (QED) is 0.355. The zero-order valence-electron chi connectivity index (χ0n) is 18.2. The Balaban J connectivity index is 1.56. The van der Waals surface area contributed by atoms with Gasteiger partial charge in [0.1, 0.15) is 0 Å². The minimum Gasteiger partial charge on any atom is -0.358 e. The van der Waals surface area contributed by atoms with Crippen molar-refractivity contribution in [2.75, 3.05) is 17.0 Å². The van der Waals surface area contributed by atoms with Crippen LogP contribution in [0, 0.1) is 6.57 Å². The molecule has 33 heavy (non-hydrogen) atoms. The van der Waals surface area contributed by atoms with Crippen molar-refractivity contribution < 1.29 is 4.79 Å². The number of fused-ring (bicyclic) bond motifs is 2. The van der Waals surface area contributed by atoms with Crippen LogP contribution in [-0.2, 0) is 10.2 Å².